The minimum absolute atomic E-state index is 0.247. The third-order valence-corrected chi connectivity index (χ3v) is 5.38. The standard InChI is InChI=1S/C23H17BrN2O3/c1-2-14-5-3-4-6-20(14)25-21(27)15-7-10-17(11-8-15)26-22(28)18-12-9-16(24)13-19(18)23(26)29/h3-13H,2H2,1H3,(H,25,27). The third-order valence-electron chi connectivity index (χ3n) is 4.88. The Kier molecular flexibility index (Phi) is 5.03. The van der Waals surface area contributed by atoms with Gasteiger partial charge in [0.25, 0.3) is 17.7 Å². The minimum Gasteiger partial charge on any atom is -0.322 e. The summed E-state index contributed by atoms with van der Waals surface area (Å²) in [6, 6.07) is 19.1. The number of fused-ring (bicyclic) bond motifs is 1. The number of carbonyl (C=O) groups is 3. The fraction of sp³-hybridized carbons (Fsp3) is 0.0870. The number of nitrogens with one attached hydrogen (secondary N) is 1. The molecule has 3 aromatic rings. The van der Waals surface area contributed by atoms with Crippen LogP contribution in [0.2, 0.25) is 0 Å². The fourth-order valence-corrected chi connectivity index (χ4v) is 3.72. The molecule has 0 aliphatic carbocycles. The Morgan fingerprint density at radius 2 is 1.62 bits per heavy atom. The highest BCUT2D eigenvalue weighted by molar-refractivity contribution is 9.10. The lowest BCUT2D eigenvalue weighted by molar-refractivity contribution is 0.0925. The molecule has 0 saturated carbocycles. The van der Waals surface area contributed by atoms with E-state index in [1.807, 2.05) is 31.2 Å². The van der Waals surface area contributed by atoms with Crippen LogP contribution in [0.25, 0.3) is 0 Å². The Hall–Kier alpha value is -3.25. The molecule has 0 atom stereocenters. The smallest absolute Gasteiger partial charge is 0.266 e. The Morgan fingerprint density at radius 1 is 0.931 bits per heavy atom. The average Bonchev–Trinajstić information content (AvgIpc) is 2.98. The number of para-hydroxylation sites is 1. The van der Waals surface area contributed by atoms with Gasteiger partial charge in [0, 0.05) is 15.7 Å². The van der Waals surface area contributed by atoms with Gasteiger partial charge >= 0.3 is 0 Å². The molecule has 0 spiro atoms. The van der Waals surface area contributed by atoms with Gasteiger partial charge in [-0.3, -0.25) is 14.4 Å². The fourth-order valence-electron chi connectivity index (χ4n) is 3.35. The second kappa shape index (κ2) is 7.64. The first kappa shape index (κ1) is 19.1. The largest absolute Gasteiger partial charge is 0.322 e. The van der Waals surface area contributed by atoms with Crippen LogP contribution >= 0.6 is 15.9 Å². The van der Waals surface area contributed by atoms with Crippen LogP contribution in [0.15, 0.2) is 71.2 Å². The van der Waals surface area contributed by atoms with Crippen molar-refractivity contribution in [3.8, 4) is 0 Å². The van der Waals surface area contributed by atoms with E-state index < -0.39 is 0 Å². The van der Waals surface area contributed by atoms with Crippen molar-refractivity contribution in [3.05, 3.63) is 93.5 Å². The minimum atomic E-state index is -0.375. The molecule has 144 valence electrons. The van der Waals surface area contributed by atoms with Crippen molar-refractivity contribution in [3.63, 3.8) is 0 Å². The molecule has 1 aliphatic heterocycles. The van der Waals surface area contributed by atoms with E-state index in [2.05, 4.69) is 21.2 Å². The van der Waals surface area contributed by atoms with Crippen LogP contribution in [-0.2, 0) is 6.42 Å². The van der Waals surface area contributed by atoms with E-state index >= 15 is 0 Å². The highest BCUT2D eigenvalue weighted by atomic mass is 79.9. The summed E-state index contributed by atoms with van der Waals surface area (Å²) < 4.78 is 0.735. The quantitative estimate of drug-likeness (QED) is 0.566. The second-order valence-corrected chi connectivity index (χ2v) is 7.56. The maximum Gasteiger partial charge on any atom is 0.266 e. The van der Waals surface area contributed by atoms with Crippen molar-refractivity contribution in [1.82, 2.24) is 0 Å². The Bertz CT molecular complexity index is 1140. The van der Waals surface area contributed by atoms with Gasteiger partial charge in [0.05, 0.1) is 16.8 Å². The van der Waals surface area contributed by atoms with Crippen molar-refractivity contribution in [1.29, 1.82) is 0 Å². The molecule has 3 amide bonds. The van der Waals surface area contributed by atoms with Gasteiger partial charge in [-0.05, 0) is 60.5 Å². The number of nitrogens with zero attached hydrogens (tertiary/aromatic N) is 1. The van der Waals surface area contributed by atoms with E-state index in [-0.39, 0.29) is 17.7 Å². The lowest BCUT2D eigenvalue weighted by Gasteiger charge is -2.14. The number of amides is 3. The lowest BCUT2D eigenvalue weighted by Crippen LogP contribution is -2.29. The number of benzene rings is 3. The highest BCUT2D eigenvalue weighted by Crippen LogP contribution is 2.30. The maximum atomic E-state index is 12.7. The Balaban J connectivity index is 1.56. The van der Waals surface area contributed by atoms with Gasteiger partial charge < -0.3 is 5.32 Å². The van der Waals surface area contributed by atoms with Crippen molar-refractivity contribution in [2.24, 2.45) is 0 Å². The topological polar surface area (TPSA) is 66.5 Å². The highest BCUT2D eigenvalue weighted by Gasteiger charge is 2.36. The summed E-state index contributed by atoms with van der Waals surface area (Å²) in [7, 11) is 0. The predicted octanol–water partition coefficient (Wildman–Crippen LogP) is 5.06. The Morgan fingerprint density at radius 3 is 2.34 bits per heavy atom. The van der Waals surface area contributed by atoms with Crippen molar-refractivity contribution in [2.75, 3.05) is 10.2 Å². The van der Waals surface area contributed by atoms with Gasteiger partial charge in [-0.2, -0.15) is 0 Å². The summed E-state index contributed by atoms with van der Waals surface area (Å²) in [6.07, 6.45) is 0.811. The number of hydrogen-bond donors (Lipinski definition) is 1. The van der Waals surface area contributed by atoms with Crippen LogP contribution in [0, 0.1) is 0 Å². The van der Waals surface area contributed by atoms with Gasteiger partial charge in [0.15, 0.2) is 0 Å². The van der Waals surface area contributed by atoms with Crippen LogP contribution in [-0.4, -0.2) is 17.7 Å². The lowest BCUT2D eigenvalue weighted by atomic mass is 10.1. The number of rotatable bonds is 4. The van der Waals surface area contributed by atoms with Crippen LogP contribution < -0.4 is 10.2 Å². The number of aryl methyl sites for hydroxylation is 1. The molecule has 6 heteroatoms. The predicted molar refractivity (Wildman–Crippen MR) is 115 cm³/mol. The molecule has 0 fully saturated rings. The molecular formula is C23H17BrN2O3. The molecule has 0 unspecified atom stereocenters. The molecule has 0 saturated heterocycles. The summed E-state index contributed by atoms with van der Waals surface area (Å²) >= 11 is 3.32. The molecule has 0 radical (unpaired) electrons. The molecule has 0 bridgehead atoms. The van der Waals surface area contributed by atoms with Crippen LogP contribution in [0.5, 0.6) is 0 Å². The van der Waals surface area contributed by atoms with Crippen molar-refractivity contribution >= 4 is 45.0 Å². The molecule has 1 heterocycles. The molecular weight excluding hydrogens is 432 g/mol. The first-order chi connectivity index (χ1) is 14.0. The summed E-state index contributed by atoms with van der Waals surface area (Å²) in [5.41, 5.74) is 3.43. The first-order valence-corrected chi connectivity index (χ1v) is 9.96. The zero-order valence-corrected chi connectivity index (χ0v) is 17.2. The molecule has 3 aromatic carbocycles. The van der Waals surface area contributed by atoms with Crippen LogP contribution in [0.4, 0.5) is 11.4 Å². The molecule has 4 rings (SSSR count). The number of carbonyl (C=O) groups excluding carboxylic acids is 3. The monoisotopic (exact) mass is 448 g/mol. The zero-order chi connectivity index (χ0) is 20.5. The zero-order valence-electron chi connectivity index (χ0n) is 15.6. The Labute approximate surface area is 176 Å². The SMILES string of the molecule is CCc1ccccc1NC(=O)c1ccc(N2C(=O)c3ccc(Br)cc3C2=O)cc1. The van der Waals surface area contributed by atoms with E-state index in [0.717, 1.165) is 27.0 Å². The first-order valence-electron chi connectivity index (χ1n) is 9.17. The molecule has 1 N–H and O–H groups in total. The van der Waals surface area contributed by atoms with Crippen molar-refractivity contribution in [2.45, 2.75) is 13.3 Å². The van der Waals surface area contributed by atoms with Gasteiger partial charge in [-0.25, -0.2) is 4.90 Å². The number of hydrogen-bond acceptors (Lipinski definition) is 3. The van der Waals surface area contributed by atoms with Gasteiger partial charge in [0.2, 0.25) is 0 Å². The van der Waals surface area contributed by atoms with E-state index in [1.54, 1.807) is 42.5 Å². The molecule has 0 aromatic heterocycles. The van der Waals surface area contributed by atoms with Gasteiger partial charge in [0.1, 0.15) is 0 Å². The number of imide groups is 1. The van der Waals surface area contributed by atoms with E-state index in [4.69, 9.17) is 0 Å². The van der Waals surface area contributed by atoms with Crippen LogP contribution in [0.3, 0.4) is 0 Å². The second-order valence-electron chi connectivity index (χ2n) is 6.65. The average molecular weight is 449 g/mol. The summed E-state index contributed by atoms with van der Waals surface area (Å²) in [5.74, 6) is -0.990. The summed E-state index contributed by atoms with van der Waals surface area (Å²) in [5, 5.41) is 2.91. The normalized spacial score (nSPS) is 12.8. The van der Waals surface area contributed by atoms with Crippen LogP contribution in [0.1, 0.15) is 43.6 Å². The van der Waals surface area contributed by atoms with E-state index in [1.165, 1.54) is 0 Å². The number of halogens is 1. The van der Waals surface area contributed by atoms with Crippen molar-refractivity contribution < 1.29 is 14.4 Å². The molecule has 29 heavy (non-hydrogen) atoms. The molecule has 1 aliphatic rings. The maximum absolute atomic E-state index is 12.7. The number of anilines is 2. The van der Waals surface area contributed by atoms with Gasteiger partial charge in [-0.15, -0.1) is 0 Å². The third kappa shape index (κ3) is 3.47. The summed E-state index contributed by atoms with van der Waals surface area (Å²) in [6.45, 7) is 2.03. The molecule has 5 nitrogen and oxygen atoms in total. The van der Waals surface area contributed by atoms with E-state index in [0.29, 0.717) is 22.4 Å². The van der Waals surface area contributed by atoms with Gasteiger partial charge in [-0.1, -0.05) is 41.1 Å². The van der Waals surface area contributed by atoms with E-state index in [9.17, 15) is 14.4 Å². The summed E-state index contributed by atoms with van der Waals surface area (Å²) in [4.78, 5) is 39.1.